The van der Waals surface area contributed by atoms with Gasteiger partial charge in [-0.15, -0.1) is 0 Å². The summed E-state index contributed by atoms with van der Waals surface area (Å²) >= 11 is 6.08. The van der Waals surface area contributed by atoms with Crippen LogP contribution < -0.4 is 11.1 Å². The van der Waals surface area contributed by atoms with Gasteiger partial charge in [0.25, 0.3) is 0 Å². The summed E-state index contributed by atoms with van der Waals surface area (Å²) in [5.74, 6) is -0.608. The SMILES string of the molecule is CC(Nc1cc(C(N)=O)ccc1Cl)c1cc(O)cc(O)c1. The molecule has 0 fully saturated rings. The number of nitrogens with one attached hydrogen (secondary N) is 1. The number of nitrogens with two attached hydrogens (primary N) is 1. The third-order valence-corrected chi connectivity index (χ3v) is 3.38. The molecule has 0 radical (unpaired) electrons. The summed E-state index contributed by atoms with van der Waals surface area (Å²) in [4.78, 5) is 11.2. The molecule has 0 saturated carbocycles. The van der Waals surface area contributed by atoms with Gasteiger partial charge < -0.3 is 21.3 Å². The monoisotopic (exact) mass is 306 g/mol. The lowest BCUT2D eigenvalue weighted by Crippen LogP contribution is -2.12. The van der Waals surface area contributed by atoms with Crippen molar-refractivity contribution in [1.82, 2.24) is 0 Å². The molecule has 2 aromatic rings. The van der Waals surface area contributed by atoms with Crippen molar-refractivity contribution < 1.29 is 15.0 Å². The van der Waals surface area contributed by atoms with Crippen LogP contribution in [-0.4, -0.2) is 16.1 Å². The maximum absolute atomic E-state index is 11.2. The summed E-state index contributed by atoms with van der Waals surface area (Å²) in [6.45, 7) is 1.83. The predicted molar refractivity (Wildman–Crippen MR) is 81.8 cm³/mol. The van der Waals surface area contributed by atoms with Crippen LogP contribution in [0.15, 0.2) is 36.4 Å². The van der Waals surface area contributed by atoms with Gasteiger partial charge in [-0.1, -0.05) is 11.6 Å². The van der Waals surface area contributed by atoms with E-state index in [1.807, 2.05) is 6.92 Å². The van der Waals surface area contributed by atoms with Gasteiger partial charge in [0.05, 0.1) is 10.7 Å². The number of rotatable bonds is 4. The van der Waals surface area contributed by atoms with Gasteiger partial charge in [-0.2, -0.15) is 0 Å². The van der Waals surface area contributed by atoms with Gasteiger partial charge in [-0.05, 0) is 42.8 Å². The van der Waals surface area contributed by atoms with Crippen LogP contribution in [0.5, 0.6) is 11.5 Å². The zero-order chi connectivity index (χ0) is 15.6. The van der Waals surface area contributed by atoms with Crippen LogP contribution in [0, 0.1) is 0 Å². The number of carbonyl (C=O) groups is 1. The van der Waals surface area contributed by atoms with E-state index in [1.54, 1.807) is 18.2 Å². The molecule has 21 heavy (non-hydrogen) atoms. The predicted octanol–water partition coefficient (Wildman–Crippen LogP) is 3.02. The number of benzene rings is 2. The molecular weight excluding hydrogens is 292 g/mol. The molecule has 0 spiro atoms. The summed E-state index contributed by atoms with van der Waals surface area (Å²) in [5.41, 5.74) is 6.80. The maximum atomic E-state index is 11.2. The quantitative estimate of drug-likeness (QED) is 0.698. The van der Waals surface area contributed by atoms with E-state index in [1.165, 1.54) is 18.2 Å². The van der Waals surface area contributed by atoms with Gasteiger partial charge in [0.15, 0.2) is 0 Å². The molecule has 0 heterocycles. The molecule has 0 aliphatic carbocycles. The first-order chi connectivity index (χ1) is 9.86. The van der Waals surface area contributed by atoms with Gasteiger partial charge in [0, 0.05) is 17.7 Å². The van der Waals surface area contributed by atoms with E-state index >= 15 is 0 Å². The first-order valence-electron chi connectivity index (χ1n) is 6.25. The van der Waals surface area contributed by atoms with Crippen LogP contribution >= 0.6 is 11.6 Å². The molecule has 0 aliphatic rings. The maximum Gasteiger partial charge on any atom is 0.248 e. The minimum absolute atomic E-state index is 0.0318. The van der Waals surface area contributed by atoms with Crippen molar-refractivity contribution in [3.05, 3.63) is 52.5 Å². The van der Waals surface area contributed by atoms with Crippen LogP contribution in [0.3, 0.4) is 0 Å². The van der Waals surface area contributed by atoms with Crippen LogP contribution in [0.1, 0.15) is 28.9 Å². The summed E-state index contributed by atoms with van der Waals surface area (Å²) in [7, 11) is 0. The Labute approximate surface area is 127 Å². The zero-order valence-electron chi connectivity index (χ0n) is 11.3. The Morgan fingerprint density at radius 1 is 1.19 bits per heavy atom. The number of aromatic hydroxyl groups is 2. The number of hydrogen-bond acceptors (Lipinski definition) is 4. The fraction of sp³-hybridized carbons (Fsp3) is 0.133. The molecule has 110 valence electrons. The Morgan fingerprint density at radius 3 is 2.38 bits per heavy atom. The number of phenolic OH excluding ortho intramolecular Hbond substituents is 2. The van der Waals surface area contributed by atoms with E-state index in [2.05, 4.69) is 5.32 Å². The molecule has 0 aromatic heterocycles. The first kappa shape index (κ1) is 15.0. The molecule has 2 rings (SSSR count). The van der Waals surface area contributed by atoms with Crippen LogP contribution in [-0.2, 0) is 0 Å². The minimum Gasteiger partial charge on any atom is -0.508 e. The molecule has 1 atom stereocenters. The van der Waals surface area contributed by atoms with E-state index < -0.39 is 5.91 Å². The summed E-state index contributed by atoms with van der Waals surface area (Å²) in [6.07, 6.45) is 0. The van der Waals surface area contributed by atoms with E-state index in [0.29, 0.717) is 21.8 Å². The Bertz CT molecular complexity index is 668. The van der Waals surface area contributed by atoms with Crippen molar-refractivity contribution in [3.63, 3.8) is 0 Å². The number of primary amides is 1. The van der Waals surface area contributed by atoms with E-state index in [0.717, 1.165) is 0 Å². The summed E-state index contributed by atoms with van der Waals surface area (Å²) in [6, 6.07) is 8.74. The second kappa shape index (κ2) is 5.93. The fourth-order valence-corrected chi connectivity index (χ4v) is 2.15. The van der Waals surface area contributed by atoms with Gasteiger partial charge >= 0.3 is 0 Å². The number of anilines is 1. The highest BCUT2D eigenvalue weighted by Gasteiger charge is 2.11. The van der Waals surface area contributed by atoms with Crippen molar-refractivity contribution >= 4 is 23.2 Å². The normalized spacial score (nSPS) is 11.9. The second-order valence-electron chi connectivity index (χ2n) is 4.71. The fourth-order valence-electron chi connectivity index (χ4n) is 1.97. The lowest BCUT2D eigenvalue weighted by atomic mass is 10.1. The number of hydrogen-bond donors (Lipinski definition) is 4. The minimum atomic E-state index is -0.544. The van der Waals surface area contributed by atoms with Crippen LogP contribution in [0.4, 0.5) is 5.69 Å². The Balaban J connectivity index is 2.28. The molecule has 0 aliphatic heterocycles. The summed E-state index contributed by atoms with van der Waals surface area (Å²) in [5, 5.41) is 22.6. The van der Waals surface area contributed by atoms with Gasteiger partial charge in [-0.3, -0.25) is 4.79 Å². The van der Waals surface area contributed by atoms with Crippen molar-refractivity contribution in [1.29, 1.82) is 0 Å². The van der Waals surface area contributed by atoms with Crippen molar-refractivity contribution in [2.45, 2.75) is 13.0 Å². The molecule has 5 N–H and O–H groups in total. The first-order valence-corrected chi connectivity index (χ1v) is 6.63. The average molecular weight is 307 g/mol. The highest BCUT2D eigenvalue weighted by Crippen LogP contribution is 2.30. The topological polar surface area (TPSA) is 95.6 Å². The van der Waals surface area contributed by atoms with Crippen LogP contribution in [0.2, 0.25) is 5.02 Å². The van der Waals surface area contributed by atoms with Crippen LogP contribution in [0.25, 0.3) is 0 Å². The van der Waals surface area contributed by atoms with Gasteiger partial charge in [0.1, 0.15) is 11.5 Å². The smallest absolute Gasteiger partial charge is 0.248 e. The number of phenols is 2. The third-order valence-electron chi connectivity index (χ3n) is 3.05. The van der Waals surface area contributed by atoms with E-state index in [9.17, 15) is 15.0 Å². The van der Waals surface area contributed by atoms with Crippen molar-refractivity contribution in [2.24, 2.45) is 5.73 Å². The number of amides is 1. The molecule has 1 amide bonds. The molecule has 1 unspecified atom stereocenters. The summed E-state index contributed by atoms with van der Waals surface area (Å²) < 4.78 is 0. The highest BCUT2D eigenvalue weighted by molar-refractivity contribution is 6.33. The Morgan fingerprint density at radius 2 is 1.81 bits per heavy atom. The lowest BCUT2D eigenvalue weighted by Gasteiger charge is -2.18. The molecule has 0 bridgehead atoms. The largest absolute Gasteiger partial charge is 0.508 e. The van der Waals surface area contributed by atoms with Gasteiger partial charge in [0.2, 0.25) is 5.91 Å². The molecule has 0 saturated heterocycles. The number of halogens is 1. The molecule has 6 heteroatoms. The molecule has 2 aromatic carbocycles. The number of carbonyl (C=O) groups excluding carboxylic acids is 1. The van der Waals surface area contributed by atoms with Crippen molar-refractivity contribution in [2.75, 3.05) is 5.32 Å². The Kier molecular flexibility index (Phi) is 4.23. The van der Waals surface area contributed by atoms with E-state index in [4.69, 9.17) is 17.3 Å². The van der Waals surface area contributed by atoms with Crippen molar-refractivity contribution in [3.8, 4) is 11.5 Å². The van der Waals surface area contributed by atoms with Gasteiger partial charge in [-0.25, -0.2) is 0 Å². The Hall–Kier alpha value is -2.40. The standard InChI is InChI=1S/C15H15ClN2O3/c1-8(10-4-11(19)7-12(20)5-10)18-14-6-9(15(17)21)2-3-13(14)16/h2-8,18-20H,1H3,(H2,17,21). The highest BCUT2D eigenvalue weighted by atomic mass is 35.5. The molecule has 5 nitrogen and oxygen atoms in total. The average Bonchev–Trinajstić information content (AvgIpc) is 2.39. The van der Waals surface area contributed by atoms with E-state index in [-0.39, 0.29) is 17.5 Å². The zero-order valence-corrected chi connectivity index (χ0v) is 12.1. The molecular formula is C15H15ClN2O3. The second-order valence-corrected chi connectivity index (χ2v) is 5.11. The third kappa shape index (κ3) is 3.58. The lowest BCUT2D eigenvalue weighted by molar-refractivity contribution is 0.100.